The third-order valence-electron chi connectivity index (χ3n) is 2.86. The molecule has 2 atom stereocenters. The van der Waals surface area contributed by atoms with Crippen LogP contribution in [0.4, 0.5) is 0 Å². The third-order valence-corrected chi connectivity index (χ3v) is 4.07. The first-order valence-corrected chi connectivity index (χ1v) is 7.27. The Hall–Kier alpha value is -1.16. The molecule has 0 aromatic carbocycles. The topological polar surface area (TPSA) is 21.6 Å². The maximum absolute atomic E-state index is 5.51. The molecule has 0 aromatic rings. The largest absolute Gasteiger partial charge is 0.364 e. The molecule has 0 saturated carbocycles. The second-order valence-corrected chi connectivity index (χ2v) is 5.29. The second-order valence-electron chi connectivity index (χ2n) is 4.27. The fraction of sp³-hybridized carbons (Fsp3) is 0.562. The van der Waals surface area contributed by atoms with Gasteiger partial charge in [0.15, 0.2) is 0 Å². The van der Waals surface area contributed by atoms with Crippen molar-refractivity contribution in [2.75, 3.05) is 13.7 Å². The van der Waals surface area contributed by atoms with Crippen molar-refractivity contribution < 1.29 is 4.74 Å². The van der Waals surface area contributed by atoms with Crippen LogP contribution in [0.3, 0.4) is 0 Å². The van der Waals surface area contributed by atoms with Crippen LogP contribution in [-0.2, 0) is 4.74 Å². The number of aliphatic imine (C=N–C) groups is 1. The molecule has 0 radical (unpaired) electrons. The Morgan fingerprint density at radius 1 is 1.53 bits per heavy atom. The molecule has 0 fully saturated rings. The fourth-order valence-corrected chi connectivity index (χ4v) is 2.12. The van der Waals surface area contributed by atoms with E-state index in [2.05, 4.69) is 29.8 Å². The van der Waals surface area contributed by atoms with E-state index in [0.29, 0.717) is 0 Å². The molecule has 0 amide bonds. The number of hydrogen-bond donors (Lipinski definition) is 0. The Bertz CT molecular complexity index is 400. The number of ether oxygens (including phenoxy) is 1. The highest BCUT2D eigenvalue weighted by Crippen LogP contribution is 2.26. The molecule has 19 heavy (non-hydrogen) atoms. The smallest absolute Gasteiger partial charge is 0.148 e. The lowest BCUT2D eigenvalue weighted by atomic mass is 10.0. The van der Waals surface area contributed by atoms with Gasteiger partial charge in [-0.05, 0) is 32.1 Å². The van der Waals surface area contributed by atoms with Crippen molar-refractivity contribution in [3.63, 3.8) is 0 Å². The van der Waals surface area contributed by atoms with Crippen LogP contribution in [0.15, 0.2) is 16.5 Å². The lowest BCUT2D eigenvalue weighted by molar-refractivity contribution is 0.0665. The number of terminal acetylenes is 2. The van der Waals surface area contributed by atoms with E-state index in [1.165, 1.54) is 17.5 Å². The van der Waals surface area contributed by atoms with Crippen LogP contribution in [-0.4, -0.2) is 30.2 Å². The number of methoxy groups -OCH3 is 1. The predicted octanol–water partition coefficient (Wildman–Crippen LogP) is 3.53. The van der Waals surface area contributed by atoms with E-state index in [4.69, 9.17) is 17.6 Å². The van der Waals surface area contributed by atoms with E-state index in [9.17, 15) is 0 Å². The van der Waals surface area contributed by atoms with E-state index in [-0.39, 0.29) is 5.25 Å². The van der Waals surface area contributed by atoms with Gasteiger partial charge in [-0.1, -0.05) is 24.8 Å². The van der Waals surface area contributed by atoms with Crippen molar-refractivity contribution in [1.82, 2.24) is 0 Å². The summed E-state index contributed by atoms with van der Waals surface area (Å²) in [6.45, 7) is 6.79. The molecule has 0 heterocycles. The lowest BCUT2D eigenvalue weighted by Gasteiger charge is -2.26. The van der Waals surface area contributed by atoms with Crippen LogP contribution >= 0.6 is 11.8 Å². The molecule has 0 aliphatic rings. The van der Waals surface area contributed by atoms with E-state index < -0.39 is 5.60 Å². The molecule has 0 N–H and O–H groups in total. The number of rotatable bonds is 8. The summed E-state index contributed by atoms with van der Waals surface area (Å²) in [7, 11) is 1.58. The first-order valence-electron chi connectivity index (χ1n) is 6.33. The summed E-state index contributed by atoms with van der Waals surface area (Å²) in [5, 5.41) is 1.79. The molecule has 2 nitrogen and oxygen atoms in total. The molecule has 0 aliphatic carbocycles. The van der Waals surface area contributed by atoms with E-state index in [0.717, 1.165) is 19.4 Å². The van der Waals surface area contributed by atoms with Gasteiger partial charge in [0.2, 0.25) is 0 Å². The van der Waals surface area contributed by atoms with Gasteiger partial charge in [0, 0.05) is 19.4 Å². The maximum Gasteiger partial charge on any atom is 0.148 e. The van der Waals surface area contributed by atoms with Crippen LogP contribution < -0.4 is 0 Å². The van der Waals surface area contributed by atoms with Crippen LogP contribution in [0.1, 0.15) is 33.6 Å². The summed E-state index contributed by atoms with van der Waals surface area (Å²) in [5.41, 5.74) is 0.447. The summed E-state index contributed by atoms with van der Waals surface area (Å²) < 4.78 is 5.31. The SMILES string of the molecule is C#CC(S/C=C\CCN=C(C)CC)C(C)(C#C)OC. The molecule has 0 bridgehead atoms. The molecule has 0 aliphatic heterocycles. The van der Waals surface area contributed by atoms with Gasteiger partial charge in [-0.15, -0.1) is 24.6 Å². The first-order chi connectivity index (χ1) is 9.03. The zero-order chi connectivity index (χ0) is 14.7. The molecule has 3 heteroatoms. The van der Waals surface area contributed by atoms with Crippen LogP contribution in [0.2, 0.25) is 0 Å². The molecule has 2 unspecified atom stereocenters. The summed E-state index contributed by atoms with van der Waals surface area (Å²) >= 11 is 1.51. The van der Waals surface area contributed by atoms with Gasteiger partial charge < -0.3 is 4.74 Å². The van der Waals surface area contributed by atoms with Crippen molar-refractivity contribution in [3.8, 4) is 24.7 Å². The van der Waals surface area contributed by atoms with Crippen LogP contribution in [0.5, 0.6) is 0 Å². The Morgan fingerprint density at radius 3 is 2.68 bits per heavy atom. The number of thioether (sulfide) groups is 1. The van der Waals surface area contributed by atoms with Crippen molar-refractivity contribution in [1.29, 1.82) is 0 Å². The Morgan fingerprint density at radius 2 is 2.21 bits per heavy atom. The average molecular weight is 277 g/mol. The third kappa shape index (κ3) is 6.53. The Kier molecular flexibility index (Phi) is 9.13. The quantitative estimate of drug-likeness (QED) is 0.384. The monoisotopic (exact) mass is 277 g/mol. The zero-order valence-electron chi connectivity index (χ0n) is 12.3. The summed E-state index contributed by atoms with van der Waals surface area (Å²) in [5.74, 6) is 5.29. The van der Waals surface area contributed by atoms with Gasteiger partial charge in [-0.3, -0.25) is 4.99 Å². The standard InChI is InChI=1S/C16H23NOS/c1-7-14(4)17-12-10-11-13-19-15(8-2)16(5,9-3)18-6/h2-3,11,13,15H,7,10,12H2,1,4-6H3/b13-11-,17-14?. The average Bonchev–Trinajstić information content (AvgIpc) is 2.45. The van der Waals surface area contributed by atoms with Crippen LogP contribution in [0.25, 0.3) is 0 Å². The Balaban J connectivity index is 4.24. The predicted molar refractivity (Wildman–Crippen MR) is 86.5 cm³/mol. The minimum Gasteiger partial charge on any atom is -0.364 e. The maximum atomic E-state index is 5.51. The highest BCUT2D eigenvalue weighted by molar-refractivity contribution is 8.03. The molecule has 0 spiro atoms. The van der Waals surface area contributed by atoms with Gasteiger partial charge in [0.1, 0.15) is 10.9 Å². The van der Waals surface area contributed by atoms with Crippen LogP contribution in [0, 0.1) is 24.7 Å². The van der Waals surface area contributed by atoms with Crippen molar-refractivity contribution in [2.24, 2.45) is 4.99 Å². The van der Waals surface area contributed by atoms with Crippen molar-refractivity contribution in [3.05, 3.63) is 11.5 Å². The molecule has 0 aromatic heterocycles. The van der Waals surface area contributed by atoms with Crippen molar-refractivity contribution in [2.45, 2.75) is 44.5 Å². The fourth-order valence-electron chi connectivity index (χ4n) is 1.21. The molecular formula is C16H23NOS. The number of nitrogens with zero attached hydrogens (tertiary/aromatic N) is 1. The Labute approximate surface area is 122 Å². The van der Waals surface area contributed by atoms with E-state index in [1.807, 2.05) is 19.3 Å². The second kappa shape index (κ2) is 9.73. The van der Waals surface area contributed by atoms with Gasteiger partial charge in [-0.2, -0.15) is 0 Å². The highest BCUT2D eigenvalue weighted by Gasteiger charge is 2.30. The summed E-state index contributed by atoms with van der Waals surface area (Å²) in [4.78, 5) is 4.42. The summed E-state index contributed by atoms with van der Waals surface area (Å²) in [6, 6.07) is 0. The summed E-state index contributed by atoms with van der Waals surface area (Å²) in [6.07, 6.45) is 14.9. The van der Waals surface area contributed by atoms with Gasteiger partial charge >= 0.3 is 0 Å². The van der Waals surface area contributed by atoms with E-state index in [1.54, 1.807) is 7.11 Å². The number of hydrogen-bond acceptors (Lipinski definition) is 3. The van der Waals surface area contributed by atoms with Gasteiger partial charge in [0.25, 0.3) is 0 Å². The zero-order valence-corrected chi connectivity index (χ0v) is 13.1. The van der Waals surface area contributed by atoms with Crippen molar-refractivity contribution >= 4 is 17.5 Å². The van der Waals surface area contributed by atoms with Gasteiger partial charge in [0.05, 0.1) is 0 Å². The van der Waals surface area contributed by atoms with E-state index >= 15 is 0 Å². The molecule has 0 rings (SSSR count). The first kappa shape index (κ1) is 17.8. The molecule has 104 valence electrons. The lowest BCUT2D eigenvalue weighted by Crippen LogP contribution is -2.36. The molecular weight excluding hydrogens is 254 g/mol. The van der Waals surface area contributed by atoms with Gasteiger partial charge in [-0.25, -0.2) is 0 Å². The minimum absolute atomic E-state index is 0.195. The normalized spacial score (nSPS) is 16.6. The minimum atomic E-state index is -0.735. The highest BCUT2D eigenvalue weighted by atomic mass is 32.2. The molecule has 0 saturated heterocycles.